The van der Waals surface area contributed by atoms with Crippen molar-refractivity contribution in [1.82, 2.24) is 0 Å². The average molecular weight is 248 g/mol. The molecule has 0 aromatic heterocycles. The van der Waals surface area contributed by atoms with Gasteiger partial charge in [0.2, 0.25) is 0 Å². The Morgan fingerprint density at radius 1 is 1.61 bits per heavy atom. The summed E-state index contributed by atoms with van der Waals surface area (Å²) >= 11 is 0. The van der Waals surface area contributed by atoms with Gasteiger partial charge in [-0.25, -0.2) is 4.79 Å². The number of nitrogens with zero attached hydrogens (tertiary/aromatic N) is 2. The van der Waals surface area contributed by atoms with Crippen LogP contribution in [0.1, 0.15) is 30.1 Å². The third-order valence-electron chi connectivity index (χ3n) is 2.34. The number of nitro groups is 1. The molecule has 1 atom stereocenters. The van der Waals surface area contributed by atoms with E-state index in [0.29, 0.717) is 6.42 Å². The lowest BCUT2D eigenvalue weighted by Crippen LogP contribution is -2.17. The van der Waals surface area contributed by atoms with Gasteiger partial charge >= 0.3 is 5.97 Å². The molecule has 0 bridgehead atoms. The highest BCUT2D eigenvalue weighted by molar-refractivity contribution is 5.90. The molecule has 0 heterocycles. The maximum Gasteiger partial charge on any atom is 0.338 e. The molecule has 94 valence electrons. The van der Waals surface area contributed by atoms with Gasteiger partial charge in [-0.2, -0.15) is 5.26 Å². The molecule has 0 aliphatic heterocycles. The van der Waals surface area contributed by atoms with Crippen molar-refractivity contribution in [3.63, 3.8) is 0 Å². The van der Waals surface area contributed by atoms with Crippen molar-refractivity contribution in [3.05, 3.63) is 39.9 Å². The summed E-state index contributed by atoms with van der Waals surface area (Å²) in [6.07, 6.45) is 0.146. The quantitative estimate of drug-likeness (QED) is 0.453. The van der Waals surface area contributed by atoms with Gasteiger partial charge < -0.3 is 4.74 Å². The first-order chi connectivity index (χ1) is 8.58. The predicted octanol–water partition coefficient (Wildman–Crippen LogP) is 2.44. The van der Waals surface area contributed by atoms with E-state index < -0.39 is 17.0 Å². The van der Waals surface area contributed by atoms with Gasteiger partial charge in [-0.3, -0.25) is 10.1 Å². The van der Waals surface area contributed by atoms with Crippen LogP contribution in [-0.4, -0.2) is 17.0 Å². The van der Waals surface area contributed by atoms with E-state index in [-0.39, 0.29) is 17.7 Å². The topological polar surface area (TPSA) is 93.2 Å². The van der Waals surface area contributed by atoms with Crippen molar-refractivity contribution in [1.29, 1.82) is 5.26 Å². The molecule has 0 amide bonds. The Kier molecular flexibility index (Phi) is 4.81. The van der Waals surface area contributed by atoms with Crippen LogP contribution in [0, 0.1) is 21.4 Å². The first-order valence-corrected chi connectivity index (χ1v) is 5.40. The number of carbonyl (C=O) groups is 1. The van der Waals surface area contributed by atoms with Crippen molar-refractivity contribution in [2.45, 2.75) is 25.9 Å². The molecule has 1 aromatic carbocycles. The van der Waals surface area contributed by atoms with Crippen LogP contribution < -0.4 is 0 Å². The SMILES string of the molecule is CC[C@@H](CC#N)OC(=O)c1cccc([N+](=O)[O-])c1. The maximum atomic E-state index is 11.7. The van der Waals surface area contributed by atoms with Crippen LogP contribution in [0.15, 0.2) is 24.3 Å². The fourth-order valence-electron chi connectivity index (χ4n) is 1.34. The molecule has 0 saturated heterocycles. The third kappa shape index (κ3) is 3.56. The van der Waals surface area contributed by atoms with E-state index in [1.807, 2.05) is 6.07 Å². The molecule has 0 spiro atoms. The minimum atomic E-state index is -0.652. The second-order valence-electron chi connectivity index (χ2n) is 3.61. The van der Waals surface area contributed by atoms with Crippen LogP contribution in [0.2, 0.25) is 0 Å². The van der Waals surface area contributed by atoms with E-state index >= 15 is 0 Å². The smallest absolute Gasteiger partial charge is 0.338 e. The van der Waals surface area contributed by atoms with E-state index in [9.17, 15) is 14.9 Å². The number of ether oxygens (including phenoxy) is 1. The highest BCUT2D eigenvalue weighted by Crippen LogP contribution is 2.15. The summed E-state index contributed by atoms with van der Waals surface area (Å²) < 4.78 is 5.08. The van der Waals surface area contributed by atoms with Gasteiger partial charge in [0.1, 0.15) is 6.10 Å². The van der Waals surface area contributed by atoms with Gasteiger partial charge in [-0.1, -0.05) is 13.0 Å². The summed E-state index contributed by atoms with van der Waals surface area (Å²) in [4.78, 5) is 21.7. The number of hydrogen-bond donors (Lipinski definition) is 0. The highest BCUT2D eigenvalue weighted by atomic mass is 16.6. The minimum Gasteiger partial charge on any atom is -0.458 e. The number of nitro benzene ring substituents is 1. The molecule has 6 nitrogen and oxygen atoms in total. The molecule has 0 fully saturated rings. The molecule has 0 saturated carbocycles. The summed E-state index contributed by atoms with van der Waals surface area (Å²) in [5.74, 6) is -0.652. The summed E-state index contributed by atoms with van der Waals surface area (Å²) in [7, 11) is 0. The van der Waals surface area contributed by atoms with E-state index in [4.69, 9.17) is 10.00 Å². The molecular formula is C12H12N2O4. The van der Waals surface area contributed by atoms with E-state index in [1.54, 1.807) is 6.92 Å². The van der Waals surface area contributed by atoms with Crippen molar-refractivity contribution in [3.8, 4) is 6.07 Å². The van der Waals surface area contributed by atoms with Gasteiger partial charge in [0.05, 0.1) is 23.0 Å². The van der Waals surface area contributed by atoms with Crippen LogP contribution in [0.4, 0.5) is 5.69 Å². The minimum absolute atomic E-state index is 0.108. The van der Waals surface area contributed by atoms with Crippen LogP contribution in [0.3, 0.4) is 0 Å². The maximum absolute atomic E-state index is 11.7. The van der Waals surface area contributed by atoms with Crippen LogP contribution >= 0.6 is 0 Å². The highest BCUT2D eigenvalue weighted by Gasteiger charge is 2.16. The van der Waals surface area contributed by atoms with Crippen LogP contribution in [0.5, 0.6) is 0 Å². The van der Waals surface area contributed by atoms with Crippen molar-refractivity contribution < 1.29 is 14.5 Å². The second kappa shape index (κ2) is 6.35. The molecule has 1 aromatic rings. The normalized spacial score (nSPS) is 11.3. The lowest BCUT2D eigenvalue weighted by Gasteiger charge is -2.12. The Labute approximate surface area is 104 Å². The fourth-order valence-corrected chi connectivity index (χ4v) is 1.34. The number of non-ortho nitro benzene ring substituents is 1. The standard InChI is InChI=1S/C12H12N2O4/c1-2-11(6-7-13)18-12(15)9-4-3-5-10(8-9)14(16)17/h3-5,8,11H,2,6H2,1H3/t11-/m0/s1. The van der Waals surface area contributed by atoms with E-state index in [0.717, 1.165) is 6.07 Å². The molecule has 1 rings (SSSR count). The zero-order chi connectivity index (χ0) is 13.5. The van der Waals surface area contributed by atoms with Crippen LogP contribution in [0.25, 0.3) is 0 Å². The van der Waals surface area contributed by atoms with Gasteiger partial charge in [0.25, 0.3) is 5.69 Å². The van der Waals surface area contributed by atoms with Gasteiger partial charge in [0.15, 0.2) is 0 Å². The third-order valence-corrected chi connectivity index (χ3v) is 2.34. The Balaban J connectivity index is 2.81. The lowest BCUT2D eigenvalue weighted by atomic mass is 10.2. The molecular weight excluding hydrogens is 236 g/mol. The average Bonchev–Trinajstić information content (AvgIpc) is 2.38. The number of benzene rings is 1. The number of nitriles is 1. The number of rotatable bonds is 5. The zero-order valence-corrected chi connectivity index (χ0v) is 9.83. The van der Waals surface area contributed by atoms with E-state index in [1.165, 1.54) is 18.2 Å². The number of carbonyl (C=O) groups excluding carboxylic acids is 1. The summed E-state index contributed by atoms with van der Waals surface area (Å²) in [5, 5.41) is 19.1. The molecule has 6 heteroatoms. The second-order valence-corrected chi connectivity index (χ2v) is 3.61. The Hall–Kier alpha value is -2.42. The first kappa shape index (κ1) is 13.6. The molecule has 0 aliphatic carbocycles. The lowest BCUT2D eigenvalue weighted by molar-refractivity contribution is -0.384. The van der Waals surface area contributed by atoms with Crippen molar-refractivity contribution >= 4 is 11.7 Å². The Morgan fingerprint density at radius 3 is 2.89 bits per heavy atom. The van der Waals surface area contributed by atoms with Gasteiger partial charge in [-0.15, -0.1) is 0 Å². The molecule has 0 aliphatic rings. The zero-order valence-electron chi connectivity index (χ0n) is 9.83. The first-order valence-electron chi connectivity index (χ1n) is 5.40. The predicted molar refractivity (Wildman–Crippen MR) is 62.8 cm³/mol. The van der Waals surface area contributed by atoms with E-state index in [2.05, 4.69) is 0 Å². The fraction of sp³-hybridized carbons (Fsp3) is 0.333. The van der Waals surface area contributed by atoms with Gasteiger partial charge in [-0.05, 0) is 12.5 Å². The number of hydrogen-bond acceptors (Lipinski definition) is 5. The Morgan fingerprint density at radius 2 is 2.33 bits per heavy atom. The largest absolute Gasteiger partial charge is 0.458 e. The summed E-state index contributed by atoms with van der Waals surface area (Å²) in [5.41, 5.74) is -0.0571. The molecule has 18 heavy (non-hydrogen) atoms. The summed E-state index contributed by atoms with van der Waals surface area (Å²) in [6.45, 7) is 1.79. The molecule has 0 N–H and O–H groups in total. The van der Waals surface area contributed by atoms with Crippen molar-refractivity contribution in [2.75, 3.05) is 0 Å². The Bertz CT molecular complexity index is 493. The van der Waals surface area contributed by atoms with Crippen LogP contribution in [-0.2, 0) is 4.74 Å². The number of esters is 1. The monoisotopic (exact) mass is 248 g/mol. The summed E-state index contributed by atoms with van der Waals surface area (Å²) in [6, 6.07) is 7.22. The molecule has 0 radical (unpaired) electrons. The molecule has 0 unspecified atom stereocenters. The van der Waals surface area contributed by atoms with Crippen molar-refractivity contribution in [2.24, 2.45) is 0 Å². The van der Waals surface area contributed by atoms with Gasteiger partial charge in [0, 0.05) is 12.1 Å².